The second-order valence-electron chi connectivity index (χ2n) is 3.78. The van der Waals surface area contributed by atoms with Crippen molar-refractivity contribution in [2.45, 2.75) is 12.5 Å². The van der Waals surface area contributed by atoms with Gasteiger partial charge >= 0.3 is 0 Å². The van der Waals surface area contributed by atoms with Gasteiger partial charge in [0, 0.05) is 26.6 Å². The second kappa shape index (κ2) is 4.35. The average molecular weight is 228 g/mol. The van der Waals surface area contributed by atoms with Crippen molar-refractivity contribution in [1.29, 1.82) is 0 Å². The predicted octanol–water partition coefficient (Wildman–Crippen LogP) is 0.506. The summed E-state index contributed by atoms with van der Waals surface area (Å²) < 4.78 is 1.64. The molecule has 1 aliphatic rings. The monoisotopic (exact) mass is 227 g/mol. The molecule has 15 heavy (non-hydrogen) atoms. The normalized spacial score (nSPS) is 21.5. The Balaban J connectivity index is 2.08. The van der Waals surface area contributed by atoms with E-state index in [1.807, 2.05) is 19.2 Å². The highest BCUT2D eigenvalue weighted by molar-refractivity contribution is 6.29. The first-order valence-electron chi connectivity index (χ1n) is 4.92. The van der Waals surface area contributed by atoms with Crippen LogP contribution >= 0.6 is 11.6 Å². The molecule has 0 saturated heterocycles. The Kier molecular flexibility index (Phi) is 3.09. The predicted molar refractivity (Wildman–Crippen MR) is 58.9 cm³/mol. The Hall–Kier alpha value is -0.840. The smallest absolute Gasteiger partial charge is 0.126 e. The molecule has 2 rings (SSSR count). The van der Waals surface area contributed by atoms with Gasteiger partial charge in [-0.2, -0.15) is 5.10 Å². The number of rotatable bonds is 2. The second-order valence-corrected chi connectivity index (χ2v) is 4.17. The summed E-state index contributed by atoms with van der Waals surface area (Å²) in [6, 6.07) is 1.85. The number of halogens is 1. The van der Waals surface area contributed by atoms with Crippen LogP contribution < -0.4 is 5.32 Å². The zero-order chi connectivity index (χ0) is 10.8. The molecule has 1 unspecified atom stereocenters. The summed E-state index contributed by atoms with van der Waals surface area (Å²) in [5.41, 5.74) is 2.09. The van der Waals surface area contributed by atoms with E-state index >= 15 is 0 Å². The van der Waals surface area contributed by atoms with E-state index in [-0.39, 0.29) is 6.10 Å². The molecule has 1 aromatic heterocycles. The maximum absolute atomic E-state index is 9.43. The van der Waals surface area contributed by atoms with Crippen molar-refractivity contribution in [3.05, 3.63) is 28.6 Å². The third kappa shape index (κ3) is 2.59. The number of nitrogens with one attached hydrogen (secondary N) is 1. The van der Waals surface area contributed by atoms with Crippen LogP contribution in [0.3, 0.4) is 0 Å². The lowest BCUT2D eigenvalue weighted by Crippen LogP contribution is -2.32. The lowest BCUT2D eigenvalue weighted by Gasteiger charge is -2.17. The van der Waals surface area contributed by atoms with Crippen molar-refractivity contribution in [3.8, 4) is 0 Å². The standard InChI is InChI=1S/C10H14ClN3O/c1-14-10(11)4-8(13-14)2-7-3-9(15)6-12-5-7/h3-4,9,12,15H,2,5-6H2,1H3. The first-order chi connectivity index (χ1) is 7.15. The zero-order valence-electron chi connectivity index (χ0n) is 8.57. The molecule has 1 aliphatic heterocycles. The maximum atomic E-state index is 9.43. The molecule has 0 aromatic carbocycles. The van der Waals surface area contributed by atoms with Crippen molar-refractivity contribution in [3.63, 3.8) is 0 Å². The highest BCUT2D eigenvalue weighted by Gasteiger charge is 2.12. The minimum atomic E-state index is -0.382. The summed E-state index contributed by atoms with van der Waals surface area (Å²) in [6.07, 6.45) is 2.25. The van der Waals surface area contributed by atoms with E-state index in [9.17, 15) is 5.11 Å². The van der Waals surface area contributed by atoms with Crippen molar-refractivity contribution < 1.29 is 5.11 Å². The molecule has 2 N–H and O–H groups in total. The molecular formula is C10H14ClN3O. The molecule has 0 saturated carbocycles. The number of aliphatic hydroxyl groups excluding tert-OH is 1. The number of hydrogen-bond acceptors (Lipinski definition) is 3. The zero-order valence-corrected chi connectivity index (χ0v) is 9.33. The number of aliphatic hydroxyl groups is 1. The van der Waals surface area contributed by atoms with Crippen molar-refractivity contribution >= 4 is 11.6 Å². The number of aryl methyl sites for hydroxylation is 1. The summed E-state index contributed by atoms with van der Waals surface area (Å²) in [5.74, 6) is 0. The van der Waals surface area contributed by atoms with Gasteiger partial charge < -0.3 is 10.4 Å². The minimum absolute atomic E-state index is 0.382. The quantitative estimate of drug-likeness (QED) is 0.724. The average Bonchev–Trinajstić information content (AvgIpc) is 2.45. The van der Waals surface area contributed by atoms with Crippen molar-refractivity contribution in [2.75, 3.05) is 13.1 Å². The molecule has 1 aromatic rings. The molecule has 0 fully saturated rings. The largest absolute Gasteiger partial charge is 0.388 e. The highest BCUT2D eigenvalue weighted by Crippen LogP contribution is 2.14. The molecule has 1 atom stereocenters. The van der Waals surface area contributed by atoms with E-state index in [0.29, 0.717) is 11.7 Å². The van der Waals surface area contributed by atoms with Gasteiger partial charge in [0.2, 0.25) is 0 Å². The van der Waals surface area contributed by atoms with E-state index < -0.39 is 0 Å². The van der Waals surface area contributed by atoms with E-state index in [0.717, 1.165) is 24.2 Å². The molecule has 5 heteroatoms. The molecule has 0 spiro atoms. The minimum Gasteiger partial charge on any atom is -0.388 e. The fourth-order valence-corrected chi connectivity index (χ4v) is 1.87. The summed E-state index contributed by atoms with van der Waals surface area (Å²) >= 11 is 5.89. The van der Waals surface area contributed by atoms with Gasteiger partial charge in [-0.25, -0.2) is 0 Å². The van der Waals surface area contributed by atoms with E-state index in [1.165, 1.54) is 0 Å². The van der Waals surface area contributed by atoms with Crippen LogP contribution in [0.15, 0.2) is 17.7 Å². The van der Waals surface area contributed by atoms with Crippen LogP contribution in [-0.2, 0) is 13.5 Å². The number of aromatic nitrogens is 2. The Bertz CT molecular complexity index is 367. The highest BCUT2D eigenvalue weighted by atomic mass is 35.5. The molecular weight excluding hydrogens is 214 g/mol. The Labute approximate surface area is 93.5 Å². The fourth-order valence-electron chi connectivity index (χ4n) is 1.71. The molecule has 0 aliphatic carbocycles. The van der Waals surface area contributed by atoms with Crippen molar-refractivity contribution in [2.24, 2.45) is 7.05 Å². The van der Waals surface area contributed by atoms with E-state index in [2.05, 4.69) is 10.4 Å². The maximum Gasteiger partial charge on any atom is 0.126 e. The van der Waals surface area contributed by atoms with Crippen LogP contribution in [0.4, 0.5) is 0 Å². The Morgan fingerprint density at radius 2 is 2.53 bits per heavy atom. The van der Waals surface area contributed by atoms with Crippen LogP contribution in [0, 0.1) is 0 Å². The lowest BCUT2D eigenvalue weighted by atomic mass is 10.1. The third-order valence-corrected chi connectivity index (χ3v) is 2.77. The number of β-amino-alcohol motifs (C(OH)–C–C–N with tert-alkyl or cyclic N) is 1. The van der Waals surface area contributed by atoms with E-state index in [4.69, 9.17) is 11.6 Å². The van der Waals surface area contributed by atoms with Crippen LogP contribution in [-0.4, -0.2) is 34.1 Å². The Morgan fingerprint density at radius 3 is 3.13 bits per heavy atom. The van der Waals surface area contributed by atoms with Crippen LogP contribution in [0.1, 0.15) is 5.69 Å². The molecule has 0 bridgehead atoms. The van der Waals surface area contributed by atoms with Gasteiger partial charge in [0.25, 0.3) is 0 Å². The third-order valence-electron chi connectivity index (χ3n) is 2.42. The lowest BCUT2D eigenvalue weighted by molar-refractivity contribution is 0.212. The first-order valence-corrected chi connectivity index (χ1v) is 5.29. The number of nitrogens with zero attached hydrogens (tertiary/aromatic N) is 2. The first kappa shape index (κ1) is 10.7. The Morgan fingerprint density at radius 1 is 1.73 bits per heavy atom. The SMILES string of the molecule is Cn1nc(CC2=CC(O)CNC2)cc1Cl. The van der Waals surface area contributed by atoms with Crippen molar-refractivity contribution in [1.82, 2.24) is 15.1 Å². The van der Waals surface area contributed by atoms with Crippen LogP contribution in [0.25, 0.3) is 0 Å². The number of hydrogen-bond donors (Lipinski definition) is 2. The summed E-state index contributed by atoms with van der Waals surface area (Å²) in [6.45, 7) is 1.44. The van der Waals surface area contributed by atoms with Crippen LogP contribution in [0.2, 0.25) is 5.15 Å². The molecule has 2 heterocycles. The summed E-state index contributed by atoms with van der Waals surface area (Å²) in [5, 5.41) is 17.5. The van der Waals surface area contributed by atoms with E-state index in [1.54, 1.807) is 4.68 Å². The van der Waals surface area contributed by atoms with Gasteiger partial charge in [0.05, 0.1) is 11.8 Å². The van der Waals surface area contributed by atoms with Gasteiger partial charge in [0.15, 0.2) is 0 Å². The van der Waals surface area contributed by atoms with Gasteiger partial charge in [-0.15, -0.1) is 0 Å². The van der Waals surface area contributed by atoms with Gasteiger partial charge in [0.1, 0.15) is 5.15 Å². The summed E-state index contributed by atoms with van der Waals surface area (Å²) in [7, 11) is 1.81. The molecule has 0 radical (unpaired) electrons. The molecule has 4 nitrogen and oxygen atoms in total. The van der Waals surface area contributed by atoms with Gasteiger partial charge in [-0.1, -0.05) is 23.3 Å². The summed E-state index contributed by atoms with van der Waals surface area (Å²) in [4.78, 5) is 0. The fraction of sp³-hybridized carbons (Fsp3) is 0.500. The van der Waals surface area contributed by atoms with Crippen LogP contribution in [0.5, 0.6) is 0 Å². The van der Waals surface area contributed by atoms with Gasteiger partial charge in [-0.3, -0.25) is 4.68 Å². The topological polar surface area (TPSA) is 50.1 Å². The molecule has 82 valence electrons. The molecule has 0 amide bonds. The van der Waals surface area contributed by atoms with Gasteiger partial charge in [-0.05, 0) is 6.07 Å².